The normalized spacial score (nSPS) is 21.4. The first-order valence-corrected chi connectivity index (χ1v) is 24.7. The molecule has 348 valence electrons. The fraction of sp³-hybridized carbons (Fsp3) is 0.750. The van der Waals surface area contributed by atoms with Crippen LogP contribution in [0.25, 0.3) is 11.2 Å². The molecule has 1 saturated heterocycles. The maximum absolute atomic E-state index is 12.7. The summed E-state index contributed by atoms with van der Waals surface area (Å²) < 4.78 is 62.2. The predicted molar refractivity (Wildman–Crippen MR) is 216 cm³/mol. The number of carbonyl (C=O) groups excluding carboxylic acids is 3. The molecule has 0 radical (unpaired) electrons. The third-order valence-corrected chi connectivity index (χ3v) is 13.1. The second-order valence-corrected chi connectivity index (χ2v) is 20.1. The number of thioether (sulfide) groups is 1. The number of anilines is 1. The lowest BCUT2D eigenvalue weighted by molar-refractivity contribution is -0.137. The Kier molecular flexibility index (Phi) is 20.8. The number of fused-ring (bicyclic) bond motifs is 1. The molecule has 2 aromatic heterocycles. The van der Waals surface area contributed by atoms with Gasteiger partial charge in [0.25, 0.3) is 0 Å². The molecule has 2 aromatic rings. The summed E-state index contributed by atoms with van der Waals surface area (Å²) in [5, 5.41) is 36.3. The summed E-state index contributed by atoms with van der Waals surface area (Å²) >= 11 is 0.989. The number of imidazole rings is 1. The number of aromatic nitrogens is 4. The van der Waals surface area contributed by atoms with Gasteiger partial charge in [-0.05, 0) is 6.42 Å². The Hall–Kier alpha value is -2.48. The van der Waals surface area contributed by atoms with Crippen molar-refractivity contribution >= 4 is 69.1 Å². The van der Waals surface area contributed by atoms with Gasteiger partial charge in [0, 0.05) is 37.1 Å². The fourth-order valence-corrected chi connectivity index (χ4v) is 9.38. The first-order chi connectivity index (χ1) is 28.4. The zero-order valence-electron chi connectivity index (χ0n) is 33.8. The number of nitrogens with one attached hydrogen (secondary N) is 2. The van der Waals surface area contributed by atoms with Crippen LogP contribution in [-0.2, 0) is 50.7 Å². The number of rotatable bonds is 28. The number of nitrogens with two attached hydrogens (primary N) is 1. The number of ether oxygens (including phenoxy) is 1. The lowest BCUT2D eigenvalue weighted by Crippen LogP contribution is -2.46. The Labute approximate surface area is 355 Å². The number of amides is 2. The molecule has 25 nitrogen and oxygen atoms in total. The predicted octanol–water partition coefficient (Wildman–Crippen LogP) is 1.17. The number of aliphatic hydroxyl groups excluding tert-OH is 3. The van der Waals surface area contributed by atoms with Crippen molar-refractivity contribution in [3.05, 3.63) is 12.7 Å². The zero-order valence-corrected chi connectivity index (χ0v) is 37.3. The van der Waals surface area contributed by atoms with Crippen LogP contribution >= 0.6 is 35.2 Å². The molecule has 8 unspecified atom stereocenters. The number of aliphatic hydroxyl groups is 3. The first-order valence-electron chi connectivity index (χ1n) is 19.2. The minimum Gasteiger partial charge on any atom is -0.393 e. The van der Waals surface area contributed by atoms with Crippen molar-refractivity contribution < 1.29 is 85.6 Å². The van der Waals surface area contributed by atoms with Crippen LogP contribution in [0.5, 0.6) is 0 Å². The van der Waals surface area contributed by atoms with Gasteiger partial charge in [0.2, 0.25) is 11.8 Å². The van der Waals surface area contributed by atoms with E-state index in [0.717, 1.165) is 61.1 Å². The standard InChI is InChI=1S/C32H56N7O18P3S/c1-4-5-6-7-8-9-10-20(40)15-23(42)61-14-13-34-22(41)11-12-35-30(45)27(44)32(2,3)17-54-60(51,52)57-59(49,50)53-16-21-26(56-58(46,47)48)25(43)31(55-21)39-19-38-24-28(33)36-18-37-29(24)39/h18-21,25-27,31,40,43-44H,4-17H2,1-3H3,(H,34,41)(H,35,45)(H,49,50)(H,51,52)(H2,33,36,37)(H2,46,47,48). The van der Waals surface area contributed by atoms with Gasteiger partial charge in [-0.3, -0.25) is 32.5 Å². The molecule has 3 heterocycles. The van der Waals surface area contributed by atoms with Gasteiger partial charge in [-0.15, -0.1) is 0 Å². The maximum Gasteiger partial charge on any atom is 0.481 e. The van der Waals surface area contributed by atoms with Crippen LogP contribution in [0.1, 0.15) is 84.8 Å². The van der Waals surface area contributed by atoms with E-state index in [9.17, 15) is 63.0 Å². The van der Waals surface area contributed by atoms with Crippen molar-refractivity contribution in [1.29, 1.82) is 0 Å². The van der Waals surface area contributed by atoms with Crippen molar-refractivity contribution in [3.63, 3.8) is 0 Å². The van der Waals surface area contributed by atoms with E-state index in [1.807, 2.05) is 0 Å². The molecule has 0 aliphatic carbocycles. The highest BCUT2D eigenvalue weighted by atomic mass is 32.2. The minimum absolute atomic E-state index is 0.0233. The van der Waals surface area contributed by atoms with E-state index in [-0.39, 0.29) is 53.8 Å². The molecule has 61 heavy (non-hydrogen) atoms. The highest BCUT2D eigenvalue weighted by molar-refractivity contribution is 8.13. The summed E-state index contributed by atoms with van der Waals surface area (Å²) in [5.74, 6) is -1.22. The van der Waals surface area contributed by atoms with E-state index in [0.29, 0.717) is 6.42 Å². The van der Waals surface area contributed by atoms with Gasteiger partial charge < -0.3 is 56.0 Å². The van der Waals surface area contributed by atoms with Crippen LogP contribution in [0.15, 0.2) is 12.7 Å². The Bertz CT molecular complexity index is 1910. The van der Waals surface area contributed by atoms with E-state index < -0.39 is 90.7 Å². The van der Waals surface area contributed by atoms with Crippen molar-refractivity contribution in [2.24, 2.45) is 5.41 Å². The molecule has 0 bridgehead atoms. The number of hydrogen-bond acceptors (Lipinski definition) is 19. The third-order valence-electron chi connectivity index (χ3n) is 9.06. The summed E-state index contributed by atoms with van der Waals surface area (Å²) in [6, 6.07) is 0. The summed E-state index contributed by atoms with van der Waals surface area (Å²) in [6.45, 7) is 2.53. The van der Waals surface area contributed by atoms with Gasteiger partial charge in [-0.25, -0.2) is 28.6 Å². The Morgan fingerprint density at radius 3 is 2.34 bits per heavy atom. The second-order valence-electron chi connectivity index (χ2n) is 14.7. The molecule has 2 amide bonds. The van der Waals surface area contributed by atoms with Crippen LogP contribution in [0, 0.1) is 5.41 Å². The van der Waals surface area contributed by atoms with Crippen molar-refractivity contribution in [3.8, 4) is 0 Å². The van der Waals surface area contributed by atoms with Gasteiger partial charge >= 0.3 is 23.5 Å². The maximum atomic E-state index is 12.7. The molecule has 29 heteroatoms. The molecule has 0 spiro atoms. The summed E-state index contributed by atoms with van der Waals surface area (Å²) in [7, 11) is -16.4. The Balaban J connectivity index is 1.41. The molecular formula is C32H56N7O18P3S. The zero-order chi connectivity index (χ0) is 45.6. The lowest BCUT2D eigenvalue weighted by atomic mass is 9.87. The molecule has 11 N–H and O–H groups in total. The number of carbonyl (C=O) groups is 3. The van der Waals surface area contributed by atoms with E-state index in [2.05, 4.69) is 41.3 Å². The van der Waals surface area contributed by atoms with Gasteiger partial charge in [0.15, 0.2) is 22.8 Å². The minimum atomic E-state index is -5.58. The number of phosphoric ester groups is 3. The van der Waals surface area contributed by atoms with Crippen molar-refractivity contribution in [2.75, 3.05) is 37.8 Å². The second kappa shape index (κ2) is 24.0. The Morgan fingerprint density at radius 2 is 1.66 bits per heavy atom. The molecule has 1 aliphatic heterocycles. The lowest BCUT2D eigenvalue weighted by Gasteiger charge is -2.30. The SMILES string of the molecule is CCCCCCCCC(O)CC(=O)SCCNC(=O)CCNC(=O)C(O)C(C)(C)COP(=O)(O)OP(=O)(O)OCC1OC(n2cnc3c(N)ncnc32)C(O)C1OP(=O)(O)O. The largest absolute Gasteiger partial charge is 0.481 e. The average Bonchev–Trinajstić information content (AvgIpc) is 3.72. The quantitative estimate of drug-likeness (QED) is 0.0422. The fourth-order valence-electron chi connectivity index (χ4n) is 5.81. The monoisotopic (exact) mass is 951 g/mol. The third kappa shape index (κ3) is 17.9. The molecule has 1 aliphatic rings. The molecule has 3 rings (SSSR count). The van der Waals surface area contributed by atoms with E-state index in [1.54, 1.807) is 0 Å². The number of phosphoric acid groups is 3. The van der Waals surface area contributed by atoms with Crippen LogP contribution in [0.3, 0.4) is 0 Å². The van der Waals surface area contributed by atoms with Crippen LogP contribution in [0.4, 0.5) is 5.82 Å². The first kappa shape index (κ1) is 52.9. The van der Waals surface area contributed by atoms with Gasteiger partial charge in [-0.1, -0.05) is 71.1 Å². The molecule has 0 saturated carbocycles. The van der Waals surface area contributed by atoms with Crippen molar-refractivity contribution in [1.82, 2.24) is 30.2 Å². The van der Waals surface area contributed by atoms with E-state index in [4.69, 9.17) is 19.5 Å². The van der Waals surface area contributed by atoms with Crippen LogP contribution < -0.4 is 16.4 Å². The number of unbranched alkanes of at least 4 members (excludes halogenated alkanes) is 5. The smallest absolute Gasteiger partial charge is 0.393 e. The van der Waals surface area contributed by atoms with Gasteiger partial charge in [0.1, 0.15) is 36.3 Å². The Morgan fingerprint density at radius 1 is 0.984 bits per heavy atom. The average molecular weight is 952 g/mol. The van der Waals surface area contributed by atoms with Crippen LogP contribution in [0.2, 0.25) is 0 Å². The van der Waals surface area contributed by atoms with E-state index >= 15 is 0 Å². The highest BCUT2D eigenvalue weighted by Gasteiger charge is 2.50. The number of nitrogen functional groups attached to an aromatic ring is 1. The summed E-state index contributed by atoms with van der Waals surface area (Å²) in [5.41, 5.74) is 4.25. The van der Waals surface area contributed by atoms with E-state index in [1.165, 1.54) is 20.3 Å². The molecular weight excluding hydrogens is 895 g/mol. The van der Waals surface area contributed by atoms with Gasteiger partial charge in [0.05, 0.1) is 25.6 Å². The molecule has 1 fully saturated rings. The molecule has 0 aromatic carbocycles. The van der Waals surface area contributed by atoms with Gasteiger partial charge in [-0.2, -0.15) is 4.31 Å². The summed E-state index contributed by atoms with van der Waals surface area (Å²) in [4.78, 5) is 88.0. The number of hydrogen-bond donors (Lipinski definition) is 10. The number of nitrogens with zero attached hydrogens (tertiary/aromatic N) is 4. The van der Waals surface area contributed by atoms with Crippen LogP contribution in [-0.4, -0.2) is 134 Å². The highest BCUT2D eigenvalue weighted by Crippen LogP contribution is 2.61. The van der Waals surface area contributed by atoms with Crippen molar-refractivity contribution in [2.45, 2.75) is 115 Å². The summed E-state index contributed by atoms with van der Waals surface area (Å²) in [6.07, 6.45) is -0.651. The molecule has 8 atom stereocenters. The topological polar surface area (TPSA) is 384 Å².